The average molecular weight is 196 g/mol. The summed E-state index contributed by atoms with van der Waals surface area (Å²) in [5, 5.41) is 3.01. The summed E-state index contributed by atoms with van der Waals surface area (Å²) in [5.74, 6) is 0.750. The van der Waals surface area contributed by atoms with Crippen molar-refractivity contribution in [2.45, 2.75) is 25.8 Å². The van der Waals surface area contributed by atoms with Gasteiger partial charge in [0.15, 0.2) is 0 Å². The van der Waals surface area contributed by atoms with Crippen molar-refractivity contribution in [2.75, 3.05) is 20.6 Å². The van der Waals surface area contributed by atoms with E-state index in [-0.39, 0.29) is 5.91 Å². The molecule has 1 saturated carbocycles. The molecule has 0 spiro atoms. The first-order chi connectivity index (χ1) is 6.49. The largest absolute Gasteiger partial charge is 0.352 e. The number of carbonyl (C=O) groups excluding carboxylic acids is 1. The maximum Gasteiger partial charge on any atom is 0.234 e. The Morgan fingerprint density at radius 2 is 2.07 bits per heavy atom. The van der Waals surface area contributed by atoms with Gasteiger partial charge in [0.05, 0.1) is 6.54 Å². The summed E-state index contributed by atoms with van der Waals surface area (Å²) in [6.07, 6.45) is 2.13. The molecule has 0 aliphatic heterocycles. The highest BCUT2D eigenvalue weighted by molar-refractivity contribution is 5.78. The number of hydrogen-bond acceptors (Lipinski definition) is 2. The van der Waals surface area contributed by atoms with Crippen molar-refractivity contribution < 1.29 is 4.79 Å². The summed E-state index contributed by atoms with van der Waals surface area (Å²) in [6.45, 7) is 6.46. The molecule has 0 aromatic carbocycles. The van der Waals surface area contributed by atoms with Crippen LogP contribution in [0.25, 0.3) is 0 Å². The number of nitrogens with zero attached hydrogens (tertiary/aromatic N) is 1. The second kappa shape index (κ2) is 4.60. The molecule has 0 aromatic rings. The van der Waals surface area contributed by atoms with E-state index in [0.717, 1.165) is 12.8 Å². The molecular weight excluding hydrogens is 176 g/mol. The minimum atomic E-state index is 0.125. The van der Waals surface area contributed by atoms with Crippen molar-refractivity contribution in [1.29, 1.82) is 0 Å². The summed E-state index contributed by atoms with van der Waals surface area (Å²) in [5.41, 5.74) is 1.24. The van der Waals surface area contributed by atoms with Gasteiger partial charge in [0.2, 0.25) is 5.91 Å². The third-order valence-electron chi connectivity index (χ3n) is 2.66. The van der Waals surface area contributed by atoms with Crippen molar-refractivity contribution in [1.82, 2.24) is 10.2 Å². The predicted molar refractivity (Wildman–Crippen MR) is 58.0 cm³/mol. The van der Waals surface area contributed by atoms with Gasteiger partial charge in [-0.25, -0.2) is 0 Å². The number of rotatable bonds is 4. The fourth-order valence-corrected chi connectivity index (χ4v) is 1.70. The SMILES string of the molecule is C=C(C)[C@H]1C[C@H](NC(=O)CN(C)C)C1. The van der Waals surface area contributed by atoms with Crippen LogP contribution in [0.2, 0.25) is 0 Å². The lowest BCUT2D eigenvalue weighted by Crippen LogP contribution is -2.47. The first kappa shape index (κ1) is 11.2. The van der Waals surface area contributed by atoms with Crippen LogP contribution in [0.1, 0.15) is 19.8 Å². The number of amides is 1. The van der Waals surface area contributed by atoms with E-state index < -0.39 is 0 Å². The zero-order valence-electron chi connectivity index (χ0n) is 9.34. The third-order valence-corrected chi connectivity index (χ3v) is 2.66. The molecule has 14 heavy (non-hydrogen) atoms. The molecule has 0 aromatic heterocycles. The number of likely N-dealkylation sites (N-methyl/N-ethyl adjacent to an activating group) is 1. The molecule has 1 rings (SSSR count). The van der Waals surface area contributed by atoms with Gasteiger partial charge in [-0.1, -0.05) is 12.2 Å². The zero-order chi connectivity index (χ0) is 10.7. The fourth-order valence-electron chi connectivity index (χ4n) is 1.70. The highest BCUT2D eigenvalue weighted by Crippen LogP contribution is 2.32. The number of carbonyl (C=O) groups is 1. The predicted octanol–water partition coefficient (Wildman–Crippen LogP) is 1.02. The molecule has 80 valence electrons. The first-order valence-electron chi connectivity index (χ1n) is 5.08. The van der Waals surface area contributed by atoms with Crippen LogP contribution in [-0.2, 0) is 4.79 Å². The highest BCUT2D eigenvalue weighted by atomic mass is 16.2. The van der Waals surface area contributed by atoms with E-state index in [9.17, 15) is 4.79 Å². The topological polar surface area (TPSA) is 32.3 Å². The Balaban J connectivity index is 2.16. The lowest BCUT2D eigenvalue weighted by molar-refractivity contribution is -0.123. The van der Waals surface area contributed by atoms with Crippen LogP contribution < -0.4 is 5.32 Å². The van der Waals surface area contributed by atoms with Crippen LogP contribution in [0.15, 0.2) is 12.2 Å². The average Bonchev–Trinajstić information content (AvgIpc) is 1.93. The standard InChI is InChI=1S/C11H20N2O/c1-8(2)9-5-10(6-9)12-11(14)7-13(3)4/h9-10H,1,5-7H2,2-4H3,(H,12,14)/t9-,10-. The number of hydrogen-bond donors (Lipinski definition) is 1. The van der Waals surface area contributed by atoms with Crippen LogP contribution in [0, 0.1) is 5.92 Å². The van der Waals surface area contributed by atoms with Gasteiger partial charge in [0.25, 0.3) is 0 Å². The first-order valence-corrected chi connectivity index (χ1v) is 5.08. The highest BCUT2D eigenvalue weighted by Gasteiger charge is 2.30. The summed E-state index contributed by atoms with van der Waals surface area (Å²) in [7, 11) is 3.80. The van der Waals surface area contributed by atoms with Gasteiger partial charge in [-0.15, -0.1) is 0 Å². The van der Waals surface area contributed by atoms with E-state index in [1.165, 1.54) is 5.57 Å². The van der Waals surface area contributed by atoms with E-state index in [1.54, 1.807) is 0 Å². The third kappa shape index (κ3) is 3.14. The normalized spacial score (nSPS) is 25.7. The van der Waals surface area contributed by atoms with Crippen molar-refractivity contribution >= 4 is 5.91 Å². The molecule has 1 N–H and O–H groups in total. The molecular formula is C11H20N2O. The summed E-state index contributed by atoms with van der Waals surface area (Å²) in [4.78, 5) is 13.2. The fraction of sp³-hybridized carbons (Fsp3) is 0.727. The molecule has 3 heteroatoms. The van der Waals surface area contributed by atoms with E-state index in [0.29, 0.717) is 18.5 Å². The van der Waals surface area contributed by atoms with Gasteiger partial charge < -0.3 is 10.2 Å². The van der Waals surface area contributed by atoms with Crippen molar-refractivity contribution in [3.05, 3.63) is 12.2 Å². The molecule has 0 bridgehead atoms. The Labute approximate surface area is 86.2 Å². The van der Waals surface area contributed by atoms with E-state index in [2.05, 4.69) is 18.8 Å². The minimum absolute atomic E-state index is 0.125. The van der Waals surface area contributed by atoms with Gasteiger partial charge in [0.1, 0.15) is 0 Å². The van der Waals surface area contributed by atoms with Crippen LogP contribution in [0.3, 0.4) is 0 Å². The van der Waals surface area contributed by atoms with Crippen LogP contribution in [-0.4, -0.2) is 37.5 Å². The Morgan fingerprint density at radius 3 is 2.50 bits per heavy atom. The number of allylic oxidation sites excluding steroid dienone is 1. The van der Waals surface area contributed by atoms with Gasteiger partial charge >= 0.3 is 0 Å². The van der Waals surface area contributed by atoms with Crippen LogP contribution in [0.5, 0.6) is 0 Å². The molecule has 1 aliphatic rings. The smallest absolute Gasteiger partial charge is 0.234 e. The molecule has 0 saturated heterocycles. The maximum atomic E-state index is 11.4. The molecule has 0 unspecified atom stereocenters. The monoisotopic (exact) mass is 196 g/mol. The van der Waals surface area contributed by atoms with Crippen LogP contribution in [0.4, 0.5) is 0 Å². The second-order valence-corrected chi connectivity index (χ2v) is 4.52. The van der Waals surface area contributed by atoms with E-state index >= 15 is 0 Å². The van der Waals surface area contributed by atoms with Crippen molar-refractivity contribution in [3.8, 4) is 0 Å². The van der Waals surface area contributed by atoms with Gasteiger partial charge in [0, 0.05) is 6.04 Å². The lowest BCUT2D eigenvalue weighted by atomic mass is 9.76. The lowest BCUT2D eigenvalue weighted by Gasteiger charge is -2.36. The van der Waals surface area contributed by atoms with Gasteiger partial charge in [-0.05, 0) is 39.8 Å². The Morgan fingerprint density at radius 1 is 1.50 bits per heavy atom. The Bertz CT molecular complexity index is 229. The molecule has 3 nitrogen and oxygen atoms in total. The van der Waals surface area contributed by atoms with E-state index in [4.69, 9.17) is 0 Å². The quantitative estimate of drug-likeness (QED) is 0.681. The Kier molecular flexibility index (Phi) is 3.69. The molecule has 1 fully saturated rings. The molecule has 0 radical (unpaired) electrons. The van der Waals surface area contributed by atoms with Crippen LogP contribution >= 0.6 is 0 Å². The van der Waals surface area contributed by atoms with Crippen molar-refractivity contribution in [3.63, 3.8) is 0 Å². The summed E-state index contributed by atoms with van der Waals surface area (Å²) < 4.78 is 0. The number of nitrogens with one attached hydrogen (secondary N) is 1. The van der Waals surface area contributed by atoms with Gasteiger partial charge in [-0.2, -0.15) is 0 Å². The van der Waals surface area contributed by atoms with Gasteiger partial charge in [-0.3, -0.25) is 4.79 Å². The maximum absolute atomic E-state index is 11.4. The summed E-state index contributed by atoms with van der Waals surface area (Å²) >= 11 is 0. The second-order valence-electron chi connectivity index (χ2n) is 4.52. The molecule has 1 aliphatic carbocycles. The Hall–Kier alpha value is -0.830. The van der Waals surface area contributed by atoms with E-state index in [1.807, 2.05) is 19.0 Å². The molecule has 0 heterocycles. The molecule has 0 atom stereocenters. The zero-order valence-corrected chi connectivity index (χ0v) is 9.34. The summed E-state index contributed by atoms with van der Waals surface area (Å²) in [6, 6.07) is 0.379. The molecule has 1 amide bonds. The minimum Gasteiger partial charge on any atom is -0.352 e. The van der Waals surface area contributed by atoms with Crippen molar-refractivity contribution in [2.24, 2.45) is 5.92 Å².